The van der Waals surface area contributed by atoms with Gasteiger partial charge in [-0.15, -0.1) is 0 Å². The first kappa shape index (κ1) is 14.7. The number of halogens is 4. The molecule has 0 radical (unpaired) electrons. The van der Waals surface area contributed by atoms with Crippen molar-refractivity contribution in [2.24, 2.45) is 5.73 Å². The number of rotatable bonds is 5. The molecule has 0 bridgehead atoms. The fraction of sp³-hybridized carbons (Fsp3) is 0.714. The molecule has 0 unspecified atom stereocenters. The van der Waals surface area contributed by atoms with E-state index in [1.54, 1.807) is 0 Å². The van der Waals surface area contributed by atoms with Gasteiger partial charge in [0.05, 0.1) is 11.5 Å². The summed E-state index contributed by atoms with van der Waals surface area (Å²) in [5.41, 5.74) is 5.07. The quantitative estimate of drug-likeness (QED) is 0.818. The van der Waals surface area contributed by atoms with Crippen LogP contribution in [0.3, 0.4) is 0 Å². The van der Waals surface area contributed by atoms with Crippen LogP contribution >= 0.6 is 11.6 Å². The molecule has 0 aliphatic rings. The minimum Gasteiger partial charge on any atom is -0.330 e. The zero-order valence-corrected chi connectivity index (χ0v) is 9.29. The summed E-state index contributed by atoms with van der Waals surface area (Å²) in [4.78, 5) is 0. The summed E-state index contributed by atoms with van der Waals surface area (Å²) in [6.45, 7) is 0.177. The highest BCUT2D eigenvalue weighted by Crippen LogP contribution is 2.28. The maximum Gasteiger partial charge on any atom is 0.426 e. The Bertz CT molecular complexity index is 324. The largest absolute Gasteiger partial charge is 0.426 e. The lowest BCUT2D eigenvalue weighted by Gasteiger charge is -2.04. The standard InChI is InChI=1S/C7H11ClF3NO2S/c8-6(7(9,10)11)2-5-15(13,14)4-1-3-12/h2H,1,3-5,12H2. The number of alkyl halides is 3. The molecule has 0 aromatic carbocycles. The van der Waals surface area contributed by atoms with Gasteiger partial charge in [0.2, 0.25) is 0 Å². The molecule has 0 fully saturated rings. The maximum atomic E-state index is 11.9. The van der Waals surface area contributed by atoms with Gasteiger partial charge in [-0.1, -0.05) is 11.6 Å². The van der Waals surface area contributed by atoms with E-state index >= 15 is 0 Å². The predicted molar refractivity (Wildman–Crippen MR) is 52.3 cm³/mol. The van der Waals surface area contributed by atoms with Gasteiger partial charge < -0.3 is 5.73 Å². The Balaban J connectivity index is 4.38. The minimum atomic E-state index is -4.69. The van der Waals surface area contributed by atoms with Crippen molar-refractivity contribution in [1.29, 1.82) is 0 Å². The summed E-state index contributed by atoms with van der Waals surface area (Å²) in [5, 5.41) is -1.42. The van der Waals surface area contributed by atoms with Crippen LogP contribution in [0.1, 0.15) is 6.42 Å². The Morgan fingerprint density at radius 1 is 1.40 bits per heavy atom. The molecule has 0 aromatic heterocycles. The van der Waals surface area contributed by atoms with Crippen molar-refractivity contribution in [2.75, 3.05) is 18.1 Å². The molecule has 90 valence electrons. The zero-order chi connectivity index (χ0) is 12.1. The predicted octanol–water partition coefficient (Wildman–Crippen LogP) is 1.44. The van der Waals surface area contributed by atoms with Crippen LogP contribution in [0.15, 0.2) is 11.1 Å². The zero-order valence-electron chi connectivity index (χ0n) is 7.72. The Morgan fingerprint density at radius 3 is 2.33 bits per heavy atom. The number of sulfone groups is 1. The molecule has 0 aliphatic heterocycles. The van der Waals surface area contributed by atoms with Crippen molar-refractivity contribution in [1.82, 2.24) is 0 Å². The molecule has 0 saturated heterocycles. The SMILES string of the molecule is NCCCS(=O)(=O)CC=C(Cl)C(F)(F)F. The van der Waals surface area contributed by atoms with Crippen LogP contribution in [0.2, 0.25) is 0 Å². The second-order valence-electron chi connectivity index (χ2n) is 2.81. The molecule has 0 amide bonds. The molecular formula is C7H11ClF3NO2S. The third-order valence-corrected chi connectivity index (χ3v) is 3.40. The van der Waals surface area contributed by atoms with Crippen LogP contribution in [0.5, 0.6) is 0 Å². The van der Waals surface area contributed by atoms with E-state index in [1.165, 1.54) is 0 Å². The van der Waals surface area contributed by atoms with Gasteiger partial charge in [-0.05, 0) is 19.0 Å². The molecule has 0 heterocycles. The Labute approximate surface area is 91.0 Å². The van der Waals surface area contributed by atoms with E-state index < -0.39 is 26.8 Å². The second kappa shape index (κ2) is 5.72. The van der Waals surface area contributed by atoms with E-state index in [4.69, 9.17) is 17.3 Å². The molecule has 0 saturated carbocycles. The average molecular weight is 266 g/mol. The van der Waals surface area contributed by atoms with E-state index in [9.17, 15) is 21.6 Å². The molecule has 0 aromatic rings. The van der Waals surface area contributed by atoms with E-state index in [0.717, 1.165) is 0 Å². The van der Waals surface area contributed by atoms with Crippen molar-refractivity contribution in [2.45, 2.75) is 12.6 Å². The lowest BCUT2D eigenvalue weighted by molar-refractivity contribution is -0.0846. The first-order valence-electron chi connectivity index (χ1n) is 4.02. The van der Waals surface area contributed by atoms with Crippen molar-refractivity contribution in [3.05, 3.63) is 11.1 Å². The molecule has 0 spiro atoms. The first-order chi connectivity index (χ1) is 6.69. The lowest BCUT2D eigenvalue weighted by atomic mass is 10.5. The van der Waals surface area contributed by atoms with E-state index in [1.807, 2.05) is 0 Å². The average Bonchev–Trinajstić information content (AvgIpc) is 2.09. The Morgan fingerprint density at radius 2 is 1.93 bits per heavy atom. The van der Waals surface area contributed by atoms with Gasteiger partial charge in [0.15, 0.2) is 9.84 Å². The van der Waals surface area contributed by atoms with E-state index in [-0.39, 0.29) is 18.7 Å². The highest BCUT2D eigenvalue weighted by Gasteiger charge is 2.32. The third kappa shape index (κ3) is 6.75. The highest BCUT2D eigenvalue weighted by molar-refractivity contribution is 7.91. The summed E-state index contributed by atoms with van der Waals surface area (Å²) in [6.07, 6.45) is -4.02. The van der Waals surface area contributed by atoms with Gasteiger partial charge in [-0.3, -0.25) is 0 Å². The topological polar surface area (TPSA) is 60.2 Å². The maximum absolute atomic E-state index is 11.9. The van der Waals surface area contributed by atoms with Gasteiger partial charge in [-0.2, -0.15) is 13.2 Å². The highest BCUT2D eigenvalue weighted by atomic mass is 35.5. The van der Waals surface area contributed by atoms with Gasteiger partial charge in [0.25, 0.3) is 0 Å². The Kier molecular flexibility index (Phi) is 5.61. The normalized spacial score (nSPS) is 14.3. The number of hydrogen-bond donors (Lipinski definition) is 1. The van der Waals surface area contributed by atoms with Gasteiger partial charge in [0, 0.05) is 0 Å². The summed E-state index contributed by atoms with van der Waals surface area (Å²) in [6, 6.07) is 0. The van der Waals surface area contributed by atoms with Crippen LogP contribution in [-0.2, 0) is 9.84 Å². The molecule has 2 N–H and O–H groups in total. The molecule has 0 atom stereocenters. The molecule has 3 nitrogen and oxygen atoms in total. The van der Waals surface area contributed by atoms with Crippen molar-refractivity contribution < 1.29 is 21.6 Å². The van der Waals surface area contributed by atoms with Crippen LogP contribution in [-0.4, -0.2) is 32.6 Å². The van der Waals surface area contributed by atoms with Gasteiger partial charge >= 0.3 is 6.18 Å². The second-order valence-corrected chi connectivity index (χ2v) is 5.44. The molecule has 15 heavy (non-hydrogen) atoms. The van der Waals surface area contributed by atoms with Crippen molar-refractivity contribution >= 4 is 21.4 Å². The lowest BCUT2D eigenvalue weighted by Crippen LogP contribution is -2.15. The van der Waals surface area contributed by atoms with E-state index in [2.05, 4.69) is 0 Å². The van der Waals surface area contributed by atoms with Crippen molar-refractivity contribution in [3.63, 3.8) is 0 Å². The minimum absolute atomic E-state index is 0.177. The summed E-state index contributed by atoms with van der Waals surface area (Å²) < 4.78 is 57.8. The smallest absolute Gasteiger partial charge is 0.330 e. The van der Waals surface area contributed by atoms with Gasteiger partial charge in [0.1, 0.15) is 5.03 Å². The summed E-state index contributed by atoms with van der Waals surface area (Å²) >= 11 is 4.84. The summed E-state index contributed by atoms with van der Waals surface area (Å²) in [7, 11) is -3.54. The molecular weight excluding hydrogens is 255 g/mol. The van der Waals surface area contributed by atoms with Crippen LogP contribution < -0.4 is 5.73 Å². The number of allylic oxidation sites excluding steroid dienone is 1. The summed E-state index contributed by atoms with van der Waals surface area (Å²) in [5.74, 6) is -0.951. The van der Waals surface area contributed by atoms with Crippen LogP contribution in [0.25, 0.3) is 0 Å². The number of hydrogen-bond acceptors (Lipinski definition) is 3. The molecule has 0 rings (SSSR count). The Hall–Kier alpha value is -0.270. The fourth-order valence-corrected chi connectivity index (χ4v) is 2.06. The third-order valence-electron chi connectivity index (χ3n) is 1.45. The van der Waals surface area contributed by atoms with E-state index in [0.29, 0.717) is 6.08 Å². The molecule has 0 aliphatic carbocycles. The van der Waals surface area contributed by atoms with Crippen LogP contribution in [0.4, 0.5) is 13.2 Å². The van der Waals surface area contributed by atoms with Gasteiger partial charge in [-0.25, -0.2) is 8.42 Å². The van der Waals surface area contributed by atoms with Crippen LogP contribution in [0, 0.1) is 0 Å². The number of nitrogens with two attached hydrogens (primary N) is 1. The first-order valence-corrected chi connectivity index (χ1v) is 6.22. The molecule has 8 heteroatoms. The fourth-order valence-electron chi connectivity index (χ4n) is 0.702. The monoisotopic (exact) mass is 265 g/mol. The van der Waals surface area contributed by atoms with Crippen molar-refractivity contribution in [3.8, 4) is 0 Å².